The Balaban J connectivity index is 4.43. The van der Waals surface area contributed by atoms with E-state index in [0.717, 1.165) is 36.6 Å². The first-order chi connectivity index (χ1) is 25.8. The smallest absolute Gasteiger partial charge is 0.130 e. The number of rotatable bonds is 43. The maximum absolute atomic E-state index is 10.6. The average molecular weight is 747 g/mol. The molecule has 0 aliphatic heterocycles. The molecule has 0 bridgehead atoms. The van der Waals surface area contributed by atoms with Crippen LogP contribution in [-0.2, 0) is 14.3 Å². The zero-order chi connectivity index (χ0) is 38.9. The molecule has 0 rings (SSSR count). The molecule has 53 heavy (non-hydrogen) atoms. The SMILES string of the molecule is CCCCCCCCC=CCCCCCCC(C)OCC(C[N+](C)(C)CCCCCCCC=O)OC(C)CCCCCCC=CCCCCCCCC. The molecule has 0 aromatic heterocycles. The van der Waals surface area contributed by atoms with Crippen molar-refractivity contribution in [1.29, 1.82) is 0 Å². The quantitative estimate of drug-likeness (QED) is 0.0270. The molecule has 4 heteroatoms. The van der Waals surface area contributed by atoms with Gasteiger partial charge in [-0.1, -0.05) is 154 Å². The minimum absolute atomic E-state index is 0.134. The fourth-order valence-electron chi connectivity index (χ4n) is 7.48. The second-order valence-corrected chi connectivity index (χ2v) is 17.3. The van der Waals surface area contributed by atoms with Crippen LogP contribution in [0.5, 0.6) is 0 Å². The molecule has 3 unspecified atom stereocenters. The number of aldehydes is 1. The third-order valence-corrected chi connectivity index (χ3v) is 11.0. The molecule has 0 aromatic rings. The first kappa shape index (κ1) is 52.0. The van der Waals surface area contributed by atoms with E-state index in [-0.39, 0.29) is 18.3 Å². The molecule has 3 atom stereocenters. The maximum Gasteiger partial charge on any atom is 0.130 e. The number of carbonyl (C=O) groups excluding carboxylic acids is 1. The number of unbranched alkanes of at least 4 members (excludes halogenated alkanes) is 25. The van der Waals surface area contributed by atoms with Crippen LogP contribution in [-0.4, -0.2) is 62.9 Å². The zero-order valence-corrected chi connectivity index (χ0v) is 37.0. The minimum atomic E-state index is 0.134. The molecule has 0 saturated carbocycles. The summed E-state index contributed by atoms with van der Waals surface area (Å²) in [6.45, 7) is 12.0. The van der Waals surface area contributed by atoms with Gasteiger partial charge in [0, 0.05) is 6.42 Å². The van der Waals surface area contributed by atoms with E-state index in [0.29, 0.717) is 13.0 Å². The third-order valence-electron chi connectivity index (χ3n) is 11.0. The van der Waals surface area contributed by atoms with Crippen LogP contribution in [0.2, 0.25) is 0 Å². The Morgan fingerprint density at radius 3 is 1.30 bits per heavy atom. The number of allylic oxidation sites excluding steroid dienone is 4. The first-order valence-corrected chi connectivity index (χ1v) is 23.7. The summed E-state index contributed by atoms with van der Waals surface area (Å²) in [6, 6.07) is 0. The number of ether oxygens (including phenoxy) is 2. The molecule has 0 amide bonds. The largest absolute Gasteiger partial charge is 0.376 e. The average Bonchev–Trinajstić information content (AvgIpc) is 3.13. The van der Waals surface area contributed by atoms with Crippen LogP contribution in [0.4, 0.5) is 0 Å². The van der Waals surface area contributed by atoms with Crippen molar-refractivity contribution in [2.75, 3.05) is 33.8 Å². The highest BCUT2D eigenvalue weighted by molar-refractivity contribution is 5.48. The van der Waals surface area contributed by atoms with E-state index in [1.165, 1.54) is 186 Å². The van der Waals surface area contributed by atoms with Gasteiger partial charge in [0.1, 0.15) is 18.9 Å². The normalized spacial score (nSPS) is 14.1. The number of carbonyl (C=O) groups is 1. The van der Waals surface area contributed by atoms with Crippen LogP contribution < -0.4 is 0 Å². The number of quaternary nitrogens is 1. The van der Waals surface area contributed by atoms with Gasteiger partial charge in [-0.3, -0.25) is 0 Å². The number of likely N-dealkylation sites (N-methyl/N-ethyl adjacent to an activating group) is 1. The maximum atomic E-state index is 10.6. The van der Waals surface area contributed by atoms with E-state index >= 15 is 0 Å². The Bertz CT molecular complexity index is 793. The second-order valence-electron chi connectivity index (χ2n) is 17.3. The van der Waals surface area contributed by atoms with Crippen molar-refractivity contribution in [1.82, 2.24) is 0 Å². The molecule has 0 heterocycles. The Hall–Kier alpha value is -0.970. The van der Waals surface area contributed by atoms with E-state index in [1.807, 2.05) is 0 Å². The summed E-state index contributed by atoms with van der Waals surface area (Å²) in [4.78, 5) is 10.6. The van der Waals surface area contributed by atoms with E-state index in [9.17, 15) is 4.79 Å². The van der Waals surface area contributed by atoms with E-state index in [2.05, 4.69) is 66.1 Å². The molecule has 0 aliphatic carbocycles. The molecule has 0 N–H and O–H groups in total. The van der Waals surface area contributed by atoms with Gasteiger partial charge < -0.3 is 18.8 Å². The second kappa shape index (κ2) is 40.7. The van der Waals surface area contributed by atoms with Gasteiger partial charge in [-0.2, -0.15) is 0 Å². The Kier molecular flexibility index (Phi) is 39.9. The monoisotopic (exact) mass is 747 g/mol. The van der Waals surface area contributed by atoms with Crippen LogP contribution in [0.1, 0.15) is 233 Å². The number of nitrogens with zero attached hydrogens (tertiary/aromatic N) is 1. The Labute approximate surface area is 333 Å². The third kappa shape index (κ3) is 40.5. The summed E-state index contributed by atoms with van der Waals surface area (Å²) in [5, 5.41) is 0. The van der Waals surface area contributed by atoms with Crippen molar-refractivity contribution in [2.45, 2.75) is 251 Å². The first-order valence-electron chi connectivity index (χ1n) is 23.7. The highest BCUT2D eigenvalue weighted by Gasteiger charge is 2.25. The van der Waals surface area contributed by atoms with Gasteiger partial charge in [0.25, 0.3) is 0 Å². The van der Waals surface area contributed by atoms with Gasteiger partial charge in [0.05, 0.1) is 39.5 Å². The summed E-state index contributed by atoms with van der Waals surface area (Å²) in [7, 11) is 4.73. The fraction of sp³-hybridized carbons (Fsp3) is 0.898. The van der Waals surface area contributed by atoms with Crippen molar-refractivity contribution >= 4 is 6.29 Å². The van der Waals surface area contributed by atoms with Gasteiger partial charge >= 0.3 is 0 Å². The van der Waals surface area contributed by atoms with Crippen molar-refractivity contribution in [3.63, 3.8) is 0 Å². The van der Waals surface area contributed by atoms with Gasteiger partial charge in [0.15, 0.2) is 0 Å². The van der Waals surface area contributed by atoms with Crippen LogP contribution in [0.15, 0.2) is 24.3 Å². The Morgan fingerprint density at radius 1 is 0.472 bits per heavy atom. The Morgan fingerprint density at radius 2 is 0.849 bits per heavy atom. The van der Waals surface area contributed by atoms with Gasteiger partial charge in [-0.05, 0) is 97.3 Å². The van der Waals surface area contributed by atoms with Gasteiger partial charge in [-0.15, -0.1) is 0 Å². The summed E-state index contributed by atoms with van der Waals surface area (Å²) in [5.74, 6) is 0. The summed E-state index contributed by atoms with van der Waals surface area (Å²) < 4.78 is 14.2. The van der Waals surface area contributed by atoms with Crippen molar-refractivity contribution in [3.8, 4) is 0 Å². The number of hydrogen-bond acceptors (Lipinski definition) is 3. The van der Waals surface area contributed by atoms with E-state index in [4.69, 9.17) is 9.47 Å². The molecule has 4 nitrogen and oxygen atoms in total. The molecule has 0 aromatic carbocycles. The molecule has 0 spiro atoms. The molecular weight excluding hydrogens is 651 g/mol. The minimum Gasteiger partial charge on any atom is -0.376 e. The highest BCUT2D eigenvalue weighted by Crippen LogP contribution is 2.17. The van der Waals surface area contributed by atoms with Crippen LogP contribution in [0, 0.1) is 0 Å². The molecule has 314 valence electrons. The standard InChI is InChI=1S/C49H96NO3/c1-7-9-11-13-15-17-19-21-23-25-27-29-33-37-41-47(3)52-46-49(45-50(5,6)43-39-35-31-32-36-40-44-51)53-48(4)42-38-34-30-28-26-24-22-20-18-16-14-12-10-8-2/h21-24,44,47-49H,7-20,25-43,45-46H2,1-6H3/q+1. The molecule has 0 fully saturated rings. The van der Waals surface area contributed by atoms with E-state index < -0.39 is 0 Å². The summed E-state index contributed by atoms with van der Waals surface area (Å²) >= 11 is 0. The molecule has 0 aliphatic rings. The molecular formula is C49H96NO3+. The molecule has 0 saturated heterocycles. The van der Waals surface area contributed by atoms with Gasteiger partial charge in [0.2, 0.25) is 0 Å². The van der Waals surface area contributed by atoms with Crippen LogP contribution in [0.25, 0.3) is 0 Å². The van der Waals surface area contributed by atoms with Crippen LogP contribution in [0.3, 0.4) is 0 Å². The fourth-order valence-corrected chi connectivity index (χ4v) is 7.48. The van der Waals surface area contributed by atoms with Crippen molar-refractivity contribution < 1.29 is 18.8 Å². The lowest BCUT2D eigenvalue weighted by Crippen LogP contribution is -2.48. The van der Waals surface area contributed by atoms with Gasteiger partial charge in [-0.25, -0.2) is 0 Å². The van der Waals surface area contributed by atoms with Crippen LogP contribution >= 0.6 is 0 Å². The lowest BCUT2D eigenvalue weighted by atomic mass is 10.1. The highest BCUT2D eigenvalue weighted by atomic mass is 16.5. The molecule has 0 radical (unpaired) electrons. The van der Waals surface area contributed by atoms with Crippen molar-refractivity contribution in [2.24, 2.45) is 0 Å². The van der Waals surface area contributed by atoms with E-state index in [1.54, 1.807) is 0 Å². The lowest BCUT2D eigenvalue weighted by molar-refractivity contribution is -0.893. The number of hydrogen-bond donors (Lipinski definition) is 0. The lowest BCUT2D eigenvalue weighted by Gasteiger charge is -2.35. The summed E-state index contributed by atoms with van der Waals surface area (Å²) in [6.07, 6.45) is 52.4. The van der Waals surface area contributed by atoms with Crippen molar-refractivity contribution in [3.05, 3.63) is 24.3 Å². The predicted octanol–water partition coefficient (Wildman–Crippen LogP) is 15.1. The predicted molar refractivity (Wildman–Crippen MR) is 235 cm³/mol. The zero-order valence-electron chi connectivity index (χ0n) is 37.0. The summed E-state index contributed by atoms with van der Waals surface area (Å²) in [5.41, 5.74) is 0. The topological polar surface area (TPSA) is 35.5 Å².